The highest BCUT2D eigenvalue weighted by Crippen LogP contribution is 2.35. The lowest BCUT2D eigenvalue weighted by Gasteiger charge is -2.38. The molecule has 1 aliphatic carbocycles. The van der Waals surface area contributed by atoms with Gasteiger partial charge in [-0.15, -0.1) is 0 Å². The van der Waals surface area contributed by atoms with E-state index in [0.29, 0.717) is 43.7 Å². The summed E-state index contributed by atoms with van der Waals surface area (Å²) >= 11 is 0. The van der Waals surface area contributed by atoms with Gasteiger partial charge < -0.3 is 20.3 Å². The van der Waals surface area contributed by atoms with Crippen molar-refractivity contribution in [3.05, 3.63) is 30.6 Å². The van der Waals surface area contributed by atoms with Gasteiger partial charge in [0.05, 0.1) is 6.04 Å². The third-order valence-corrected chi connectivity index (χ3v) is 9.18. The summed E-state index contributed by atoms with van der Waals surface area (Å²) in [6.45, 7) is 7.03. The number of aromatic nitrogens is 3. The number of anilines is 1. The summed E-state index contributed by atoms with van der Waals surface area (Å²) in [6, 6.07) is 6.15. The van der Waals surface area contributed by atoms with Gasteiger partial charge in [0.15, 0.2) is 5.82 Å². The van der Waals surface area contributed by atoms with Crippen molar-refractivity contribution in [2.24, 2.45) is 11.8 Å². The fourth-order valence-electron chi connectivity index (χ4n) is 6.99. The zero-order chi connectivity index (χ0) is 31.3. The van der Waals surface area contributed by atoms with Crippen LogP contribution in [-0.2, 0) is 14.3 Å². The number of hydrogen-bond donors (Lipinski definition) is 3. The molecule has 2 aromatic rings. The van der Waals surface area contributed by atoms with Crippen molar-refractivity contribution in [3.63, 3.8) is 0 Å². The Bertz CT molecular complexity index is 1250. The lowest BCUT2D eigenvalue weighted by molar-refractivity contribution is -0.142. The molecular formula is C32H46FN7O4. The number of H-pyrrole nitrogens is 1. The molecular weight excluding hydrogens is 565 g/mol. The van der Waals surface area contributed by atoms with Crippen LogP contribution in [0.1, 0.15) is 72.1 Å². The molecule has 2 saturated heterocycles. The molecule has 12 heteroatoms. The second-order valence-electron chi connectivity index (χ2n) is 13.3. The number of alkyl halides is 1. The van der Waals surface area contributed by atoms with E-state index in [-0.39, 0.29) is 29.7 Å². The highest BCUT2D eigenvalue weighted by Gasteiger charge is 2.46. The van der Waals surface area contributed by atoms with Gasteiger partial charge in [0, 0.05) is 29.8 Å². The first kappa shape index (κ1) is 31.9. The number of likely N-dealkylation sites (tertiary alicyclic amines) is 2. The molecule has 11 nitrogen and oxygen atoms in total. The van der Waals surface area contributed by atoms with Gasteiger partial charge in [-0.25, -0.2) is 14.2 Å². The molecule has 1 saturated carbocycles. The van der Waals surface area contributed by atoms with Crippen molar-refractivity contribution in [2.75, 3.05) is 31.6 Å². The van der Waals surface area contributed by atoms with Crippen molar-refractivity contribution >= 4 is 23.6 Å². The van der Waals surface area contributed by atoms with Gasteiger partial charge in [-0.05, 0) is 109 Å². The third-order valence-electron chi connectivity index (χ3n) is 9.18. The van der Waals surface area contributed by atoms with Crippen LogP contribution < -0.4 is 10.6 Å². The summed E-state index contributed by atoms with van der Waals surface area (Å²) in [5, 5.41) is 12.5. The van der Waals surface area contributed by atoms with Gasteiger partial charge in [-0.3, -0.25) is 19.6 Å². The molecule has 3 N–H and O–H groups in total. The minimum Gasteiger partial charge on any atom is -0.444 e. The molecule has 3 aliphatic rings. The lowest BCUT2D eigenvalue weighted by atomic mass is 9.78. The van der Waals surface area contributed by atoms with Crippen molar-refractivity contribution in [1.29, 1.82) is 0 Å². The number of aromatic amines is 1. The number of carbonyl (C=O) groups excluding carboxylic acids is 3. The Balaban J connectivity index is 1.24. The molecule has 0 unspecified atom stereocenters. The maximum absolute atomic E-state index is 14.0. The molecule has 1 aromatic carbocycles. The van der Waals surface area contributed by atoms with Crippen molar-refractivity contribution in [2.45, 2.75) is 95.9 Å². The number of carbonyl (C=O) groups is 3. The Morgan fingerprint density at radius 2 is 1.73 bits per heavy atom. The number of nitrogens with one attached hydrogen (secondary N) is 3. The van der Waals surface area contributed by atoms with Crippen molar-refractivity contribution in [1.82, 2.24) is 30.3 Å². The van der Waals surface area contributed by atoms with Crippen LogP contribution in [0, 0.1) is 11.8 Å². The van der Waals surface area contributed by atoms with E-state index in [1.807, 2.05) is 24.3 Å². The van der Waals surface area contributed by atoms with E-state index in [9.17, 15) is 18.8 Å². The maximum atomic E-state index is 14.0. The topological polar surface area (TPSA) is 133 Å². The number of piperidine rings is 1. The Hall–Kier alpha value is -3.54. The Morgan fingerprint density at radius 3 is 2.34 bits per heavy atom. The highest BCUT2D eigenvalue weighted by molar-refractivity contribution is 5.98. The highest BCUT2D eigenvalue weighted by atomic mass is 19.1. The largest absolute Gasteiger partial charge is 0.444 e. The number of ether oxygens (including phenoxy) is 1. The summed E-state index contributed by atoms with van der Waals surface area (Å²) in [5.74, 6) is 0.168. The number of halogens is 1. The molecule has 3 heterocycles. The first-order chi connectivity index (χ1) is 21.1. The molecule has 0 radical (unpaired) electrons. The van der Waals surface area contributed by atoms with Crippen molar-refractivity contribution < 1.29 is 23.5 Å². The quantitative estimate of drug-likeness (QED) is 0.399. The van der Waals surface area contributed by atoms with E-state index >= 15 is 0 Å². The van der Waals surface area contributed by atoms with E-state index < -0.39 is 30.5 Å². The summed E-state index contributed by atoms with van der Waals surface area (Å²) < 4.78 is 19.3. The second-order valence-corrected chi connectivity index (χ2v) is 13.3. The Morgan fingerprint density at radius 1 is 1.02 bits per heavy atom. The number of nitrogens with zero attached hydrogens (tertiary/aromatic N) is 4. The fraction of sp³-hybridized carbons (Fsp3) is 0.656. The van der Waals surface area contributed by atoms with Crippen LogP contribution in [0.5, 0.6) is 0 Å². The minimum atomic E-state index is -0.687. The van der Waals surface area contributed by atoms with E-state index in [4.69, 9.17) is 4.74 Å². The van der Waals surface area contributed by atoms with Crippen LogP contribution in [0.25, 0.3) is 11.4 Å². The molecule has 5 rings (SSSR count). The minimum absolute atomic E-state index is 0.000627. The number of rotatable bonds is 8. The monoisotopic (exact) mass is 611 g/mol. The van der Waals surface area contributed by atoms with E-state index in [1.165, 1.54) is 12.7 Å². The molecule has 2 aliphatic heterocycles. The number of amides is 3. The summed E-state index contributed by atoms with van der Waals surface area (Å²) in [6.07, 6.45) is 7.40. The summed E-state index contributed by atoms with van der Waals surface area (Å²) in [5.41, 5.74) is 0.849. The van der Waals surface area contributed by atoms with Crippen molar-refractivity contribution in [3.8, 4) is 11.4 Å². The van der Waals surface area contributed by atoms with Crippen LogP contribution in [-0.4, -0.2) is 92.9 Å². The molecule has 3 atom stereocenters. The van der Waals surface area contributed by atoms with Gasteiger partial charge in [-0.2, -0.15) is 5.10 Å². The molecule has 44 heavy (non-hydrogen) atoms. The van der Waals surface area contributed by atoms with Crippen LogP contribution in [0.3, 0.4) is 0 Å². The van der Waals surface area contributed by atoms with E-state index in [2.05, 4.69) is 30.7 Å². The predicted octanol–water partition coefficient (Wildman–Crippen LogP) is 4.53. The molecule has 0 bridgehead atoms. The van der Waals surface area contributed by atoms with Gasteiger partial charge in [-0.1, -0.05) is 6.42 Å². The number of hydrogen-bond acceptors (Lipinski definition) is 7. The Labute approximate surface area is 258 Å². The zero-order valence-electron chi connectivity index (χ0n) is 26.1. The average Bonchev–Trinajstić information content (AvgIpc) is 3.71. The molecule has 240 valence electrons. The second kappa shape index (κ2) is 14.0. The van der Waals surface area contributed by atoms with Crippen LogP contribution >= 0.6 is 0 Å². The maximum Gasteiger partial charge on any atom is 0.407 e. The average molecular weight is 612 g/mol. The molecule has 3 fully saturated rings. The van der Waals surface area contributed by atoms with Gasteiger partial charge in [0.25, 0.3) is 0 Å². The summed E-state index contributed by atoms with van der Waals surface area (Å²) in [7, 11) is 0. The van der Waals surface area contributed by atoms with Gasteiger partial charge in [0.1, 0.15) is 24.6 Å². The summed E-state index contributed by atoms with van der Waals surface area (Å²) in [4.78, 5) is 48.5. The fourth-order valence-corrected chi connectivity index (χ4v) is 6.99. The smallest absolute Gasteiger partial charge is 0.407 e. The first-order valence-corrected chi connectivity index (χ1v) is 16.0. The predicted molar refractivity (Wildman–Crippen MR) is 164 cm³/mol. The molecule has 1 aromatic heterocycles. The lowest BCUT2D eigenvalue weighted by Crippen LogP contribution is -2.55. The third kappa shape index (κ3) is 7.75. The van der Waals surface area contributed by atoms with E-state index in [0.717, 1.165) is 37.9 Å². The number of benzene rings is 1. The standard InChI is InChI=1S/C32H46FN7O4/c1-32(2,3)44-31(43)37-25(19-33)21-7-9-23(10-8-21)30(42)40-18-15-26(39-16-5-4-6-17-39)27(40)29(41)36-24-13-11-22(12-14-24)28-34-20-35-38-28/h11-14,20-21,23,25-27H,4-10,15-19H2,1-3H3,(H,36,41)(H,37,43)(H,34,35,38)/t21?,23?,25-,26-,27+/m1/s1. The number of alkyl carbamates (subject to hydrolysis) is 1. The van der Waals surface area contributed by atoms with Crippen LogP contribution in [0.15, 0.2) is 30.6 Å². The van der Waals surface area contributed by atoms with Crippen LogP contribution in [0.2, 0.25) is 0 Å². The Kier molecular flexibility index (Phi) is 10.2. The van der Waals surface area contributed by atoms with Gasteiger partial charge in [0.2, 0.25) is 11.8 Å². The normalized spacial score (nSPS) is 25.3. The zero-order valence-corrected chi connectivity index (χ0v) is 26.1. The van der Waals surface area contributed by atoms with Crippen LogP contribution in [0.4, 0.5) is 14.9 Å². The first-order valence-electron chi connectivity index (χ1n) is 16.0. The van der Waals surface area contributed by atoms with E-state index in [1.54, 1.807) is 25.7 Å². The molecule has 3 amide bonds. The van der Waals surface area contributed by atoms with Gasteiger partial charge >= 0.3 is 6.09 Å². The SMILES string of the molecule is CC(C)(C)OC(=O)N[C@H](CF)C1CCC(C(=O)N2CC[C@@H](N3CCCCC3)[C@H]2C(=O)Nc2ccc(-c3ncn[nH]3)cc2)CC1. The molecule has 0 spiro atoms.